The Balaban J connectivity index is 2.10. The zero-order valence-electron chi connectivity index (χ0n) is 12.8. The number of benzene rings is 1. The van der Waals surface area contributed by atoms with E-state index in [1.807, 2.05) is 12.3 Å². The molecule has 1 aromatic carbocycles. The molecule has 2 aromatic rings. The number of amidine groups is 1. The molecule has 4 nitrogen and oxygen atoms in total. The molecule has 0 amide bonds. The Morgan fingerprint density at radius 2 is 2.14 bits per heavy atom. The summed E-state index contributed by atoms with van der Waals surface area (Å²) in [4.78, 5) is 6.72. The molecule has 0 fully saturated rings. The van der Waals surface area contributed by atoms with Crippen LogP contribution in [-0.2, 0) is 6.54 Å². The number of pyridine rings is 1. The third-order valence-electron chi connectivity index (χ3n) is 3.39. The summed E-state index contributed by atoms with van der Waals surface area (Å²) in [6.07, 6.45) is 2.45. The Morgan fingerprint density at radius 3 is 2.86 bits per heavy atom. The summed E-state index contributed by atoms with van der Waals surface area (Å²) in [5, 5.41) is 8.57. The van der Waals surface area contributed by atoms with Gasteiger partial charge in [0, 0.05) is 37.6 Å². The molecule has 2 rings (SSSR count). The molecule has 1 heterocycles. The molecule has 0 saturated heterocycles. The molecule has 3 N–H and O–H groups in total. The molecule has 21 heavy (non-hydrogen) atoms. The van der Waals surface area contributed by atoms with Crippen molar-refractivity contribution in [1.29, 1.82) is 5.41 Å². The van der Waals surface area contributed by atoms with E-state index in [4.69, 9.17) is 11.1 Å². The van der Waals surface area contributed by atoms with E-state index < -0.39 is 0 Å². The smallest absolute Gasteiger partial charge is 0.0918 e. The quantitative estimate of drug-likeness (QED) is 0.606. The SMILES string of the molecule is CC(C)CN(CCC(=N)N)Cc1ccc2ncccc2c1. The topological polar surface area (TPSA) is 66.0 Å². The molecule has 0 aliphatic heterocycles. The van der Waals surface area contributed by atoms with Crippen molar-refractivity contribution < 1.29 is 0 Å². The van der Waals surface area contributed by atoms with Gasteiger partial charge in [0.1, 0.15) is 0 Å². The minimum atomic E-state index is 0.256. The van der Waals surface area contributed by atoms with Gasteiger partial charge in [-0.3, -0.25) is 15.3 Å². The molecule has 0 atom stereocenters. The Hall–Kier alpha value is -1.94. The minimum absolute atomic E-state index is 0.256. The Morgan fingerprint density at radius 1 is 1.33 bits per heavy atom. The maximum atomic E-state index is 7.40. The number of hydrogen-bond acceptors (Lipinski definition) is 3. The van der Waals surface area contributed by atoms with Crippen LogP contribution in [0.4, 0.5) is 0 Å². The first kappa shape index (κ1) is 15.4. The summed E-state index contributed by atoms with van der Waals surface area (Å²) in [6.45, 7) is 7.16. The van der Waals surface area contributed by atoms with Crippen molar-refractivity contribution in [2.45, 2.75) is 26.8 Å². The zero-order chi connectivity index (χ0) is 15.2. The molecule has 0 saturated carbocycles. The number of fused-ring (bicyclic) bond motifs is 1. The van der Waals surface area contributed by atoms with Crippen LogP contribution in [0.2, 0.25) is 0 Å². The fourth-order valence-corrected chi connectivity index (χ4v) is 2.51. The van der Waals surface area contributed by atoms with E-state index in [0.29, 0.717) is 12.3 Å². The molecular weight excluding hydrogens is 260 g/mol. The second-order valence-electron chi connectivity index (χ2n) is 5.93. The van der Waals surface area contributed by atoms with E-state index in [0.717, 1.165) is 25.2 Å². The van der Waals surface area contributed by atoms with Crippen LogP contribution in [0.1, 0.15) is 25.8 Å². The van der Waals surface area contributed by atoms with Gasteiger partial charge in [0.05, 0.1) is 11.4 Å². The molecule has 0 aliphatic rings. The summed E-state index contributed by atoms with van der Waals surface area (Å²) >= 11 is 0. The summed E-state index contributed by atoms with van der Waals surface area (Å²) in [7, 11) is 0. The molecule has 4 heteroatoms. The van der Waals surface area contributed by atoms with Crippen molar-refractivity contribution >= 4 is 16.7 Å². The van der Waals surface area contributed by atoms with E-state index in [1.54, 1.807) is 0 Å². The number of nitrogens with two attached hydrogens (primary N) is 1. The van der Waals surface area contributed by atoms with Crippen molar-refractivity contribution in [1.82, 2.24) is 9.88 Å². The van der Waals surface area contributed by atoms with Crippen LogP contribution in [-0.4, -0.2) is 28.8 Å². The van der Waals surface area contributed by atoms with E-state index >= 15 is 0 Å². The molecular formula is C17H24N4. The van der Waals surface area contributed by atoms with Crippen LogP contribution in [0.25, 0.3) is 10.9 Å². The summed E-state index contributed by atoms with van der Waals surface area (Å²) in [5.74, 6) is 0.852. The van der Waals surface area contributed by atoms with Crippen molar-refractivity contribution in [3.8, 4) is 0 Å². The molecule has 0 aliphatic carbocycles. The highest BCUT2D eigenvalue weighted by molar-refractivity contribution is 5.79. The maximum Gasteiger partial charge on any atom is 0.0918 e. The highest BCUT2D eigenvalue weighted by Gasteiger charge is 2.09. The third kappa shape index (κ3) is 4.83. The van der Waals surface area contributed by atoms with Gasteiger partial charge < -0.3 is 5.73 Å². The highest BCUT2D eigenvalue weighted by Crippen LogP contribution is 2.15. The third-order valence-corrected chi connectivity index (χ3v) is 3.39. The first-order chi connectivity index (χ1) is 10.0. The van der Waals surface area contributed by atoms with Crippen molar-refractivity contribution in [2.24, 2.45) is 11.7 Å². The summed E-state index contributed by atoms with van der Waals surface area (Å²) < 4.78 is 0. The van der Waals surface area contributed by atoms with Gasteiger partial charge in [0.25, 0.3) is 0 Å². The number of hydrogen-bond donors (Lipinski definition) is 2. The summed E-state index contributed by atoms with van der Waals surface area (Å²) in [6, 6.07) is 10.5. The molecule has 0 bridgehead atoms. The molecule has 0 spiro atoms. The minimum Gasteiger partial charge on any atom is -0.388 e. The van der Waals surface area contributed by atoms with E-state index in [-0.39, 0.29) is 5.84 Å². The number of nitrogens with one attached hydrogen (secondary N) is 1. The van der Waals surface area contributed by atoms with Crippen LogP contribution < -0.4 is 5.73 Å². The second-order valence-corrected chi connectivity index (χ2v) is 5.93. The van der Waals surface area contributed by atoms with Gasteiger partial charge in [-0.1, -0.05) is 26.0 Å². The number of aromatic nitrogens is 1. The molecule has 112 valence electrons. The van der Waals surface area contributed by atoms with Gasteiger partial charge in [-0.05, 0) is 29.7 Å². The first-order valence-corrected chi connectivity index (χ1v) is 7.43. The fourth-order valence-electron chi connectivity index (χ4n) is 2.51. The molecule has 1 aromatic heterocycles. The normalized spacial score (nSPS) is 11.4. The van der Waals surface area contributed by atoms with Crippen LogP contribution in [0.3, 0.4) is 0 Å². The second kappa shape index (κ2) is 7.18. The van der Waals surface area contributed by atoms with E-state index in [2.05, 4.69) is 48.0 Å². The fraction of sp³-hybridized carbons (Fsp3) is 0.412. The van der Waals surface area contributed by atoms with Crippen molar-refractivity contribution in [2.75, 3.05) is 13.1 Å². The van der Waals surface area contributed by atoms with Gasteiger partial charge in [0.15, 0.2) is 0 Å². The first-order valence-electron chi connectivity index (χ1n) is 7.43. The lowest BCUT2D eigenvalue weighted by atomic mass is 10.1. The monoisotopic (exact) mass is 284 g/mol. The Kier molecular flexibility index (Phi) is 5.28. The van der Waals surface area contributed by atoms with Crippen LogP contribution in [0.5, 0.6) is 0 Å². The average molecular weight is 284 g/mol. The Bertz CT molecular complexity index is 607. The lowest BCUT2D eigenvalue weighted by Crippen LogP contribution is -2.30. The van der Waals surface area contributed by atoms with Gasteiger partial charge in [0.2, 0.25) is 0 Å². The number of rotatable bonds is 7. The average Bonchev–Trinajstić information content (AvgIpc) is 2.44. The highest BCUT2D eigenvalue weighted by atomic mass is 15.1. The van der Waals surface area contributed by atoms with E-state index in [1.165, 1.54) is 10.9 Å². The van der Waals surface area contributed by atoms with Crippen molar-refractivity contribution in [3.63, 3.8) is 0 Å². The zero-order valence-corrected chi connectivity index (χ0v) is 12.8. The predicted molar refractivity (Wildman–Crippen MR) is 88.4 cm³/mol. The summed E-state index contributed by atoms with van der Waals surface area (Å²) in [5.41, 5.74) is 7.79. The van der Waals surface area contributed by atoms with Crippen LogP contribution in [0, 0.1) is 11.3 Å². The van der Waals surface area contributed by atoms with Crippen LogP contribution in [0.15, 0.2) is 36.5 Å². The van der Waals surface area contributed by atoms with Crippen molar-refractivity contribution in [3.05, 3.63) is 42.1 Å². The molecule has 0 unspecified atom stereocenters. The van der Waals surface area contributed by atoms with Gasteiger partial charge in [-0.2, -0.15) is 0 Å². The van der Waals surface area contributed by atoms with Gasteiger partial charge >= 0.3 is 0 Å². The lowest BCUT2D eigenvalue weighted by Gasteiger charge is -2.24. The predicted octanol–water partition coefficient (Wildman–Crippen LogP) is 3.02. The van der Waals surface area contributed by atoms with Gasteiger partial charge in [-0.15, -0.1) is 0 Å². The molecule has 0 radical (unpaired) electrons. The maximum absolute atomic E-state index is 7.40. The van der Waals surface area contributed by atoms with Crippen LogP contribution >= 0.6 is 0 Å². The largest absolute Gasteiger partial charge is 0.388 e. The van der Waals surface area contributed by atoms with E-state index in [9.17, 15) is 0 Å². The standard InChI is InChI=1S/C17H24N4/c1-13(2)11-21(9-7-17(18)19)12-14-5-6-16-15(10-14)4-3-8-20-16/h3-6,8,10,13H,7,9,11-12H2,1-2H3,(H3,18,19). The Labute approximate surface area is 126 Å². The van der Waals surface area contributed by atoms with Gasteiger partial charge in [-0.25, -0.2) is 0 Å². The lowest BCUT2D eigenvalue weighted by molar-refractivity contribution is 0.242. The number of nitrogens with zero attached hydrogens (tertiary/aromatic N) is 2.